The minimum atomic E-state index is -0.537. The number of hydrogen-bond acceptors (Lipinski definition) is 1. The van der Waals surface area contributed by atoms with Crippen molar-refractivity contribution in [2.45, 2.75) is 57.3 Å². The molecule has 5 rings (SSSR count). The number of carboxylic acid groups (broad SMARTS) is 1. The topological polar surface area (TPSA) is 37.3 Å². The van der Waals surface area contributed by atoms with E-state index < -0.39 is 11.4 Å². The number of carbonyl (C=O) groups is 1. The Balaban J connectivity index is 1.85. The van der Waals surface area contributed by atoms with Gasteiger partial charge in [0, 0.05) is 0 Å². The van der Waals surface area contributed by atoms with Crippen molar-refractivity contribution in [2.75, 3.05) is 0 Å². The van der Waals surface area contributed by atoms with Crippen molar-refractivity contribution in [3.05, 3.63) is 35.9 Å². The number of rotatable bonds is 3. The zero-order valence-corrected chi connectivity index (χ0v) is 12.8. The molecule has 0 spiro atoms. The van der Waals surface area contributed by atoms with E-state index in [-0.39, 0.29) is 10.8 Å². The van der Waals surface area contributed by atoms with Gasteiger partial charge in [-0.2, -0.15) is 0 Å². The van der Waals surface area contributed by atoms with Crippen LogP contribution in [0.1, 0.15) is 57.4 Å². The van der Waals surface area contributed by atoms with E-state index in [1.165, 1.54) is 24.8 Å². The second-order valence-corrected chi connectivity index (χ2v) is 8.09. The van der Waals surface area contributed by atoms with Crippen LogP contribution in [-0.2, 0) is 10.2 Å². The third-order valence-electron chi connectivity index (χ3n) is 6.77. The summed E-state index contributed by atoms with van der Waals surface area (Å²) in [7, 11) is 0. The smallest absolute Gasteiger partial charge is 0.309 e. The first kappa shape index (κ1) is 13.4. The minimum Gasteiger partial charge on any atom is -0.481 e. The molecule has 0 radical (unpaired) electrons. The van der Waals surface area contributed by atoms with Crippen LogP contribution in [-0.4, -0.2) is 11.1 Å². The lowest BCUT2D eigenvalue weighted by atomic mass is 9.38. The quantitative estimate of drug-likeness (QED) is 0.893. The van der Waals surface area contributed by atoms with Crippen molar-refractivity contribution >= 4 is 5.97 Å². The lowest BCUT2D eigenvalue weighted by molar-refractivity contribution is -0.179. The molecule has 4 saturated carbocycles. The van der Waals surface area contributed by atoms with E-state index in [2.05, 4.69) is 37.3 Å². The van der Waals surface area contributed by atoms with E-state index in [1.54, 1.807) is 0 Å². The summed E-state index contributed by atoms with van der Waals surface area (Å²) in [6, 6.07) is 10.7. The Bertz CT molecular complexity index is 580. The Labute approximate surface area is 126 Å². The van der Waals surface area contributed by atoms with Crippen LogP contribution in [0.15, 0.2) is 30.3 Å². The average Bonchev–Trinajstić information content (AvgIpc) is 2.47. The number of carboxylic acids is 1. The summed E-state index contributed by atoms with van der Waals surface area (Å²) in [5.41, 5.74) is 1.33. The Hall–Kier alpha value is -1.31. The number of benzene rings is 1. The van der Waals surface area contributed by atoms with Crippen molar-refractivity contribution in [3.63, 3.8) is 0 Å². The Morgan fingerprint density at radius 3 is 2.57 bits per heavy atom. The zero-order chi connectivity index (χ0) is 14.7. The van der Waals surface area contributed by atoms with Crippen LogP contribution < -0.4 is 0 Å². The second-order valence-electron chi connectivity index (χ2n) is 8.09. The third-order valence-corrected chi connectivity index (χ3v) is 6.77. The molecule has 112 valence electrons. The molecule has 4 atom stereocenters. The summed E-state index contributed by atoms with van der Waals surface area (Å²) in [5.74, 6) is 0.0715. The van der Waals surface area contributed by atoms with Crippen molar-refractivity contribution in [3.8, 4) is 0 Å². The van der Waals surface area contributed by atoms with Gasteiger partial charge in [-0.3, -0.25) is 4.79 Å². The molecule has 4 aliphatic rings. The van der Waals surface area contributed by atoms with Gasteiger partial charge in [0.2, 0.25) is 0 Å². The highest BCUT2D eigenvalue weighted by atomic mass is 16.4. The van der Waals surface area contributed by atoms with Gasteiger partial charge in [0.25, 0.3) is 0 Å². The largest absolute Gasteiger partial charge is 0.481 e. The molecule has 21 heavy (non-hydrogen) atoms. The maximum Gasteiger partial charge on any atom is 0.309 e. The first-order chi connectivity index (χ1) is 10.0. The van der Waals surface area contributed by atoms with Crippen LogP contribution in [0.2, 0.25) is 0 Å². The third kappa shape index (κ3) is 1.74. The molecule has 2 nitrogen and oxygen atoms in total. The molecule has 1 aromatic rings. The average molecular weight is 284 g/mol. The van der Waals surface area contributed by atoms with Gasteiger partial charge in [-0.05, 0) is 60.8 Å². The van der Waals surface area contributed by atoms with E-state index in [1.807, 2.05) is 0 Å². The summed E-state index contributed by atoms with van der Waals surface area (Å²) < 4.78 is 0. The standard InChI is InChI=1S/C19H24O2/c1-2-17-8-14-9-18(11-17,15-6-4-3-5-7-15)13-19(10-14,12-17)16(20)21/h3-7,14H,2,8-13H2,1H3,(H,20,21)/t14?,17-,18-,19?/m0/s1. The Morgan fingerprint density at radius 1 is 1.14 bits per heavy atom. The van der Waals surface area contributed by atoms with E-state index in [9.17, 15) is 9.90 Å². The molecule has 0 amide bonds. The lowest BCUT2D eigenvalue weighted by Crippen LogP contribution is -2.60. The van der Waals surface area contributed by atoms with Crippen LogP contribution in [0.4, 0.5) is 0 Å². The van der Waals surface area contributed by atoms with E-state index in [0.717, 1.165) is 25.7 Å². The molecular weight excluding hydrogens is 260 g/mol. The molecule has 2 heteroatoms. The summed E-state index contributed by atoms with van der Waals surface area (Å²) in [4.78, 5) is 12.1. The van der Waals surface area contributed by atoms with Crippen molar-refractivity contribution in [2.24, 2.45) is 16.7 Å². The monoisotopic (exact) mass is 284 g/mol. The maximum atomic E-state index is 12.1. The molecule has 0 aliphatic heterocycles. The molecule has 2 unspecified atom stereocenters. The highest BCUT2D eigenvalue weighted by Crippen LogP contribution is 2.70. The van der Waals surface area contributed by atoms with Crippen LogP contribution >= 0.6 is 0 Å². The maximum absolute atomic E-state index is 12.1. The summed E-state index contributed by atoms with van der Waals surface area (Å²) >= 11 is 0. The molecular formula is C19H24O2. The fourth-order valence-electron chi connectivity index (χ4n) is 6.38. The predicted molar refractivity (Wildman–Crippen MR) is 82.1 cm³/mol. The first-order valence-corrected chi connectivity index (χ1v) is 8.31. The molecule has 4 aliphatic carbocycles. The van der Waals surface area contributed by atoms with Gasteiger partial charge < -0.3 is 5.11 Å². The fraction of sp³-hybridized carbons (Fsp3) is 0.632. The molecule has 0 aromatic heterocycles. The SMILES string of the molecule is CC[C@@]12CC3CC(C(=O)O)(C1)C[C@](c1ccccc1)(C3)C2. The van der Waals surface area contributed by atoms with Gasteiger partial charge in [0.15, 0.2) is 0 Å². The van der Waals surface area contributed by atoms with Crippen LogP contribution in [0.5, 0.6) is 0 Å². The van der Waals surface area contributed by atoms with Crippen molar-refractivity contribution in [1.29, 1.82) is 0 Å². The van der Waals surface area contributed by atoms with Gasteiger partial charge in [0.1, 0.15) is 0 Å². The van der Waals surface area contributed by atoms with Crippen LogP contribution in [0.25, 0.3) is 0 Å². The van der Waals surface area contributed by atoms with Crippen LogP contribution in [0, 0.1) is 16.7 Å². The van der Waals surface area contributed by atoms with Gasteiger partial charge in [-0.25, -0.2) is 0 Å². The van der Waals surface area contributed by atoms with Gasteiger partial charge in [-0.1, -0.05) is 43.7 Å². The van der Waals surface area contributed by atoms with Crippen molar-refractivity contribution in [1.82, 2.24) is 0 Å². The highest BCUT2D eigenvalue weighted by molar-refractivity contribution is 5.76. The zero-order valence-electron chi connectivity index (χ0n) is 12.8. The van der Waals surface area contributed by atoms with Gasteiger partial charge in [-0.15, -0.1) is 0 Å². The first-order valence-electron chi connectivity index (χ1n) is 8.31. The highest BCUT2D eigenvalue weighted by Gasteiger charge is 2.65. The van der Waals surface area contributed by atoms with E-state index in [0.29, 0.717) is 5.92 Å². The predicted octanol–water partition coefficient (Wildman–Crippen LogP) is 4.39. The lowest BCUT2D eigenvalue weighted by Gasteiger charge is -2.65. The van der Waals surface area contributed by atoms with Gasteiger partial charge in [0.05, 0.1) is 5.41 Å². The Kier molecular flexibility index (Phi) is 2.62. The number of hydrogen-bond donors (Lipinski definition) is 1. The molecule has 1 aromatic carbocycles. The summed E-state index contributed by atoms with van der Waals surface area (Å²) in [6.07, 6.45) is 7.48. The molecule has 1 N–H and O–H groups in total. The van der Waals surface area contributed by atoms with E-state index >= 15 is 0 Å². The van der Waals surface area contributed by atoms with Gasteiger partial charge >= 0.3 is 5.97 Å². The second kappa shape index (κ2) is 4.12. The molecule has 4 bridgehead atoms. The fourth-order valence-corrected chi connectivity index (χ4v) is 6.38. The number of aliphatic carboxylic acids is 1. The normalized spacial score (nSPS) is 44.0. The van der Waals surface area contributed by atoms with E-state index in [4.69, 9.17) is 0 Å². The summed E-state index contributed by atoms with van der Waals surface area (Å²) in [6.45, 7) is 2.27. The van der Waals surface area contributed by atoms with Crippen molar-refractivity contribution < 1.29 is 9.90 Å². The summed E-state index contributed by atoms with van der Waals surface area (Å²) in [5, 5.41) is 9.95. The van der Waals surface area contributed by atoms with Crippen LogP contribution in [0.3, 0.4) is 0 Å². The minimum absolute atomic E-state index is 0.120. The molecule has 0 heterocycles. The molecule has 4 fully saturated rings. The Morgan fingerprint density at radius 2 is 1.90 bits per heavy atom. The molecule has 0 saturated heterocycles.